The van der Waals surface area contributed by atoms with Crippen molar-refractivity contribution in [3.63, 3.8) is 0 Å². The van der Waals surface area contributed by atoms with Crippen LogP contribution < -0.4 is 11.1 Å². The lowest BCUT2D eigenvalue weighted by Crippen LogP contribution is -2.40. The van der Waals surface area contributed by atoms with E-state index in [0.29, 0.717) is 6.04 Å². The number of esters is 1. The molecule has 3 N–H and O–H groups in total. The Morgan fingerprint density at radius 2 is 2.00 bits per heavy atom. The highest BCUT2D eigenvalue weighted by Crippen LogP contribution is 2.25. The highest BCUT2D eigenvalue weighted by Gasteiger charge is 2.21. The lowest BCUT2D eigenvalue weighted by Gasteiger charge is -2.29. The van der Waals surface area contributed by atoms with Crippen LogP contribution in [0.25, 0.3) is 5.69 Å². The molecule has 1 fully saturated rings. The van der Waals surface area contributed by atoms with Crippen LogP contribution >= 0.6 is 0 Å². The van der Waals surface area contributed by atoms with E-state index in [2.05, 4.69) is 17.3 Å². The van der Waals surface area contributed by atoms with Crippen molar-refractivity contribution >= 4 is 11.7 Å². The summed E-state index contributed by atoms with van der Waals surface area (Å²) >= 11 is 0. The molecule has 0 bridgehead atoms. The van der Waals surface area contributed by atoms with Gasteiger partial charge in [0, 0.05) is 24.5 Å². The minimum Gasteiger partial charge on any atom is -0.464 e. The number of benzene rings is 1. The van der Waals surface area contributed by atoms with Gasteiger partial charge in [-0.15, -0.1) is 0 Å². The molecule has 1 aliphatic heterocycles. The summed E-state index contributed by atoms with van der Waals surface area (Å²) in [5.41, 5.74) is 8.42. The predicted octanol–water partition coefficient (Wildman–Crippen LogP) is 1.90. The number of nitrogens with one attached hydrogen (secondary N) is 1. The average molecular weight is 367 g/mol. The number of ether oxygens (including phenoxy) is 1. The van der Waals surface area contributed by atoms with Crippen LogP contribution in [0.3, 0.4) is 0 Å². The number of hydrogen-bond donors (Lipinski definition) is 2. The molecular formula is C20H25N5O2. The van der Waals surface area contributed by atoms with Crippen LogP contribution in [0.15, 0.2) is 30.5 Å². The molecule has 0 amide bonds. The average Bonchev–Trinajstić information content (AvgIpc) is 3.03. The largest absolute Gasteiger partial charge is 0.464 e. The third-order valence-corrected chi connectivity index (χ3v) is 5.07. The van der Waals surface area contributed by atoms with E-state index in [1.165, 1.54) is 7.11 Å². The standard InChI is InChI=1S/C20H25N5O2/c1-24-9-7-16(8-10-24)23-12-14-3-5-17(6-4-14)25-13-15(11-21)18(22)19(25)20(26)27-2/h3-6,13,16,23H,7-10,12,22H2,1-2H3. The van der Waals surface area contributed by atoms with Crippen molar-refractivity contribution in [1.29, 1.82) is 5.26 Å². The summed E-state index contributed by atoms with van der Waals surface area (Å²) in [6.45, 7) is 3.06. The van der Waals surface area contributed by atoms with Crippen molar-refractivity contribution in [2.24, 2.45) is 0 Å². The zero-order chi connectivity index (χ0) is 19.4. The molecule has 142 valence electrons. The number of likely N-dealkylation sites (tertiary alicyclic amines) is 1. The first kappa shape index (κ1) is 19.0. The highest BCUT2D eigenvalue weighted by molar-refractivity contribution is 5.95. The molecule has 0 aliphatic carbocycles. The number of nitriles is 1. The van der Waals surface area contributed by atoms with Gasteiger partial charge in [-0.1, -0.05) is 12.1 Å². The van der Waals surface area contributed by atoms with E-state index >= 15 is 0 Å². The van der Waals surface area contributed by atoms with E-state index in [4.69, 9.17) is 10.5 Å². The Bertz CT molecular complexity index is 842. The monoisotopic (exact) mass is 367 g/mol. The van der Waals surface area contributed by atoms with Crippen LogP contribution in [0.4, 0.5) is 5.69 Å². The van der Waals surface area contributed by atoms with Gasteiger partial charge in [-0.2, -0.15) is 5.26 Å². The molecule has 2 heterocycles. The SMILES string of the molecule is COC(=O)c1c(N)c(C#N)cn1-c1ccc(CNC2CCN(C)CC2)cc1. The summed E-state index contributed by atoms with van der Waals surface area (Å²) < 4.78 is 6.42. The number of carbonyl (C=O) groups excluding carboxylic acids is 1. The maximum atomic E-state index is 12.1. The van der Waals surface area contributed by atoms with Gasteiger partial charge in [-0.3, -0.25) is 0 Å². The summed E-state index contributed by atoms with van der Waals surface area (Å²) in [7, 11) is 3.45. The minimum absolute atomic E-state index is 0.136. The Balaban J connectivity index is 1.74. The van der Waals surface area contributed by atoms with Crippen LogP contribution in [0.1, 0.15) is 34.5 Å². The zero-order valence-corrected chi connectivity index (χ0v) is 15.7. The molecule has 1 aromatic carbocycles. The van der Waals surface area contributed by atoms with Crippen molar-refractivity contribution in [2.75, 3.05) is 33.0 Å². The first-order valence-corrected chi connectivity index (χ1v) is 9.04. The zero-order valence-electron chi connectivity index (χ0n) is 15.7. The van der Waals surface area contributed by atoms with Gasteiger partial charge in [0.15, 0.2) is 5.69 Å². The van der Waals surface area contributed by atoms with E-state index in [9.17, 15) is 10.1 Å². The maximum Gasteiger partial charge on any atom is 0.357 e. The van der Waals surface area contributed by atoms with Gasteiger partial charge in [-0.25, -0.2) is 4.79 Å². The number of methoxy groups -OCH3 is 1. The smallest absolute Gasteiger partial charge is 0.357 e. The molecule has 0 spiro atoms. The molecule has 27 heavy (non-hydrogen) atoms. The minimum atomic E-state index is -0.568. The van der Waals surface area contributed by atoms with Gasteiger partial charge in [0.2, 0.25) is 0 Å². The van der Waals surface area contributed by atoms with Crippen molar-refractivity contribution in [1.82, 2.24) is 14.8 Å². The highest BCUT2D eigenvalue weighted by atomic mass is 16.5. The summed E-state index contributed by atoms with van der Waals surface area (Å²) in [5.74, 6) is -0.568. The quantitative estimate of drug-likeness (QED) is 0.784. The van der Waals surface area contributed by atoms with E-state index in [1.54, 1.807) is 10.8 Å². The first-order valence-electron chi connectivity index (χ1n) is 9.04. The normalized spacial score (nSPS) is 15.4. The Hall–Kier alpha value is -2.82. The Morgan fingerprint density at radius 1 is 1.33 bits per heavy atom. The van der Waals surface area contributed by atoms with Gasteiger partial charge < -0.3 is 25.3 Å². The van der Waals surface area contributed by atoms with E-state index in [-0.39, 0.29) is 16.9 Å². The lowest BCUT2D eigenvalue weighted by molar-refractivity contribution is 0.0593. The number of piperidine rings is 1. The van der Waals surface area contributed by atoms with E-state index < -0.39 is 5.97 Å². The summed E-state index contributed by atoms with van der Waals surface area (Å²) in [5, 5.41) is 12.8. The molecule has 7 nitrogen and oxygen atoms in total. The van der Waals surface area contributed by atoms with Crippen molar-refractivity contribution in [3.8, 4) is 11.8 Å². The number of aromatic nitrogens is 1. The molecule has 2 aromatic rings. The third kappa shape index (κ3) is 4.13. The number of rotatable bonds is 5. The molecule has 0 atom stereocenters. The fraction of sp³-hybridized carbons (Fsp3) is 0.400. The molecule has 3 rings (SSSR count). The Labute approximate surface area is 159 Å². The second kappa shape index (κ2) is 8.25. The number of nitrogens with zero attached hydrogens (tertiary/aromatic N) is 3. The van der Waals surface area contributed by atoms with Crippen molar-refractivity contribution in [2.45, 2.75) is 25.4 Å². The maximum absolute atomic E-state index is 12.1. The third-order valence-electron chi connectivity index (χ3n) is 5.07. The Morgan fingerprint density at radius 3 is 2.59 bits per heavy atom. The van der Waals surface area contributed by atoms with Gasteiger partial charge in [0.1, 0.15) is 6.07 Å². The fourth-order valence-corrected chi connectivity index (χ4v) is 3.37. The van der Waals surface area contributed by atoms with Gasteiger partial charge >= 0.3 is 5.97 Å². The van der Waals surface area contributed by atoms with Crippen LogP contribution in [0.5, 0.6) is 0 Å². The molecule has 0 saturated carbocycles. The molecule has 1 aliphatic rings. The number of anilines is 1. The topological polar surface area (TPSA) is 96.3 Å². The fourth-order valence-electron chi connectivity index (χ4n) is 3.37. The van der Waals surface area contributed by atoms with Gasteiger partial charge in [0.25, 0.3) is 0 Å². The van der Waals surface area contributed by atoms with Crippen molar-refractivity contribution < 1.29 is 9.53 Å². The second-order valence-corrected chi connectivity index (χ2v) is 6.90. The van der Waals surface area contributed by atoms with Crippen LogP contribution in [-0.2, 0) is 11.3 Å². The predicted molar refractivity (Wildman–Crippen MR) is 104 cm³/mol. The molecule has 0 radical (unpaired) electrons. The number of hydrogen-bond acceptors (Lipinski definition) is 6. The van der Waals surface area contributed by atoms with Crippen molar-refractivity contribution in [3.05, 3.63) is 47.3 Å². The summed E-state index contributed by atoms with van der Waals surface area (Å²) in [6.07, 6.45) is 3.89. The van der Waals surface area contributed by atoms with Crippen LogP contribution in [0, 0.1) is 11.3 Å². The van der Waals surface area contributed by atoms with E-state index in [0.717, 1.165) is 43.7 Å². The first-order chi connectivity index (χ1) is 13.0. The van der Waals surface area contributed by atoms with E-state index in [1.807, 2.05) is 30.3 Å². The lowest BCUT2D eigenvalue weighted by atomic mass is 10.1. The van der Waals surface area contributed by atoms with Gasteiger partial charge in [0.05, 0.1) is 18.4 Å². The van der Waals surface area contributed by atoms with Gasteiger partial charge in [-0.05, 0) is 50.7 Å². The second-order valence-electron chi connectivity index (χ2n) is 6.90. The molecular weight excluding hydrogens is 342 g/mol. The molecule has 7 heteroatoms. The Kier molecular flexibility index (Phi) is 5.79. The number of carbonyl (C=O) groups is 1. The number of nitrogen functional groups attached to an aromatic ring is 1. The molecule has 1 aromatic heterocycles. The molecule has 0 unspecified atom stereocenters. The summed E-state index contributed by atoms with van der Waals surface area (Å²) in [6, 6.07) is 10.4. The van der Waals surface area contributed by atoms with Crippen LogP contribution in [0.2, 0.25) is 0 Å². The van der Waals surface area contributed by atoms with Crippen LogP contribution in [-0.4, -0.2) is 48.7 Å². The molecule has 1 saturated heterocycles. The summed E-state index contributed by atoms with van der Waals surface area (Å²) in [4.78, 5) is 14.4. The number of nitrogens with two attached hydrogens (primary N) is 1.